The molecule has 0 bridgehead atoms. The van der Waals surface area contributed by atoms with Crippen LogP contribution in [0.15, 0.2) is 60.9 Å². The lowest BCUT2D eigenvalue weighted by atomic mass is 10.1. The molecule has 7 heteroatoms. The molecule has 0 spiro atoms. The number of rotatable bonds is 6. The highest BCUT2D eigenvalue weighted by molar-refractivity contribution is 6.42. The third-order valence-corrected chi connectivity index (χ3v) is 5.27. The number of anilines is 1. The van der Waals surface area contributed by atoms with Gasteiger partial charge in [0.15, 0.2) is 5.82 Å². The van der Waals surface area contributed by atoms with Gasteiger partial charge in [-0.25, -0.2) is 0 Å². The molecule has 2 aromatic heterocycles. The second-order valence-electron chi connectivity index (χ2n) is 6.55. The van der Waals surface area contributed by atoms with Gasteiger partial charge >= 0.3 is 0 Å². The molecule has 2 aromatic carbocycles. The van der Waals surface area contributed by atoms with E-state index in [2.05, 4.69) is 21.5 Å². The van der Waals surface area contributed by atoms with E-state index >= 15 is 0 Å². The fourth-order valence-electron chi connectivity index (χ4n) is 3.13. The molecule has 0 atom stereocenters. The monoisotopic (exact) mass is 412 g/mol. The molecule has 0 aliphatic rings. The second-order valence-corrected chi connectivity index (χ2v) is 7.37. The third-order valence-electron chi connectivity index (χ3n) is 4.53. The highest BCUT2D eigenvalue weighted by Gasteiger charge is 2.09. The molecule has 0 unspecified atom stereocenters. The van der Waals surface area contributed by atoms with E-state index in [-0.39, 0.29) is 5.91 Å². The van der Waals surface area contributed by atoms with Crippen molar-refractivity contribution >= 4 is 45.8 Å². The molecule has 0 saturated carbocycles. The number of aryl methyl sites for hydroxylation is 1. The first-order chi connectivity index (χ1) is 13.6. The van der Waals surface area contributed by atoms with Crippen molar-refractivity contribution in [2.45, 2.75) is 19.4 Å². The predicted molar refractivity (Wildman–Crippen MR) is 113 cm³/mol. The number of amides is 1. The minimum Gasteiger partial charge on any atom is -0.361 e. The van der Waals surface area contributed by atoms with Gasteiger partial charge in [-0.3, -0.25) is 9.48 Å². The number of aromatic nitrogens is 3. The summed E-state index contributed by atoms with van der Waals surface area (Å²) in [6.07, 6.45) is 4.84. The zero-order chi connectivity index (χ0) is 19.5. The van der Waals surface area contributed by atoms with Crippen LogP contribution in [0.3, 0.4) is 0 Å². The topological polar surface area (TPSA) is 62.7 Å². The van der Waals surface area contributed by atoms with Crippen LogP contribution in [-0.4, -0.2) is 20.7 Å². The molecule has 1 amide bonds. The van der Waals surface area contributed by atoms with Crippen LogP contribution in [-0.2, 0) is 17.8 Å². The number of carbonyl (C=O) groups excluding carboxylic acids is 1. The average molecular weight is 413 g/mol. The van der Waals surface area contributed by atoms with Gasteiger partial charge in [-0.1, -0.05) is 47.5 Å². The maximum Gasteiger partial charge on any atom is 0.225 e. The number of hydrogen-bond acceptors (Lipinski definition) is 2. The van der Waals surface area contributed by atoms with Crippen molar-refractivity contribution < 1.29 is 4.79 Å². The van der Waals surface area contributed by atoms with E-state index in [1.54, 1.807) is 16.8 Å². The predicted octanol–water partition coefficient (Wildman–Crippen LogP) is 5.29. The smallest absolute Gasteiger partial charge is 0.225 e. The molecule has 5 nitrogen and oxygen atoms in total. The number of hydrogen-bond donors (Lipinski definition) is 2. The first-order valence-electron chi connectivity index (χ1n) is 8.91. The van der Waals surface area contributed by atoms with Crippen LogP contribution in [0.4, 0.5) is 5.82 Å². The Morgan fingerprint density at radius 1 is 1.11 bits per heavy atom. The lowest BCUT2D eigenvalue weighted by Gasteiger charge is -2.04. The normalized spacial score (nSPS) is 11.1. The highest BCUT2D eigenvalue weighted by Crippen LogP contribution is 2.23. The van der Waals surface area contributed by atoms with Crippen molar-refractivity contribution in [1.82, 2.24) is 14.8 Å². The largest absolute Gasteiger partial charge is 0.361 e. The van der Waals surface area contributed by atoms with Crippen LogP contribution >= 0.6 is 23.2 Å². The fourth-order valence-corrected chi connectivity index (χ4v) is 3.45. The minimum absolute atomic E-state index is 0.0648. The maximum absolute atomic E-state index is 12.3. The zero-order valence-electron chi connectivity index (χ0n) is 15.0. The van der Waals surface area contributed by atoms with Crippen molar-refractivity contribution in [3.63, 3.8) is 0 Å². The van der Waals surface area contributed by atoms with Gasteiger partial charge in [0.2, 0.25) is 5.91 Å². The van der Waals surface area contributed by atoms with Gasteiger partial charge in [0.1, 0.15) is 0 Å². The number of carbonyl (C=O) groups is 1. The van der Waals surface area contributed by atoms with Gasteiger partial charge in [0.05, 0.1) is 16.6 Å². The van der Waals surface area contributed by atoms with Crippen molar-refractivity contribution in [3.05, 3.63) is 82.1 Å². The van der Waals surface area contributed by atoms with Gasteiger partial charge in [0.25, 0.3) is 0 Å². The van der Waals surface area contributed by atoms with Gasteiger partial charge in [-0.05, 0) is 35.7 Å². The molecule has 28 heavy (non-hydrogen) atoms. The Morgan fingerprint density at radius 2 is 1.96 bits per heavy atom. The van der Waals surface area contributed by atoms with Crippen molar-refractivity contribution in [2.75, 3.05) is 5.32 Å². The summed E-state index contributed by atoms with van der Waals surface area (Å²) < 4.78 is 1.74. The maximum atomic E-state index is 12.3. The summed E-state index contributed by atoms with van der Waals surface area (Å²) in [7, 11) is 0. The van der Waals surface area contributed by atoms with Crippen molar-refractivity contribution in [3.8, 4) is 0 Å². The quantitative estimate of drug-likeness (QED) is 0.451. The van der Waals surface area contributed by atoms with Gasteiger partial charge in [0, 0.05) is 35.8 Å². The lowest BCUT2D eigenvalue weighted by molar-refractivity contribution is -0.116. The first-order valence-corrected chi connectivity index (χ1v) is 9.66. The van der Waals surface area contributed by atoms with E-state index in [0.717, 1.165) is 22.0 Å². The molecular formula is C21H18Cl2N4O. The summed E-state index contributed by atoms with van der Waals surface area (Å²) in [5.74, 6) is 0.467. The van der Waals surface area contributed by atoms with Crippen LogP contribution in [0.25, 0.3) is 10.9 Å². The Balaban J connectivity index is 1.34. The average Bonchev–Trinajstić information content (AvgIpc) is 3.30. The van der Waals surface area contributed by atoms with Crippen molar-refractivity contribution in [2.24, 2.45) is 0 Å². The number of benzene rings is 2. The highest BCUT2D eigenvalue weighted by atomic mass is 35.5. The second kappa shape index (κ2) is 8.09. The molecule has 2 heterocycles. The number of fused-ring (bicyclic) bond motifs is 1. The Morgan fingerprint density at radius 3 is 2.82 bits per heavy atom. The van der Waals surface area contributed by atoms with E-state index in [9.17, 15) is 4.79 Å². The van der Waals surface area contributed by atoms with Crippen LogP contribution in [0.1, 0.15) is 17.5 Å². The van der Waals surface area contributed by atoms with E-state index in [0.29, 0.717) is 35.2 Å². The fraction of sp³-hybridized carbons (Fsp3) is 0.143. The molecule has 0 aliphatic heterocycles. The van der Waals surface area contributed by atoms with Crippen LogP contribution in [0, 0.1) is 0 Å². The molecule has 4 rings (SSSR count). The number of para-hydroxylation sites is 1. The van der Waals surface area contributed by atoms with Gasteiger partial charge in [-0.2, -0.15) is 5.10 Å². The summed E-state index contributed by atoms with van der Waals surface area (Å²) in [6, 6.07) is 15.3. The lowest BCUT2D eigenvalue weighted by Crippen LogP contribution is -2.13. The number of nitrogens with one attached hydrogen (secondary N) is 2. The zero-order valence-corrected chi connectivity index (χ0v) is 16.5. The molecule has 0 saturated heterocycles. The Labute approximate surface area is 172 Å². The summed E-state index contributed by atoms with van der Waals surface area (Å²) in [6.45, 7) is 0.544. The van der Waals surface area contributed by atoms with Crippen LogP contribution in [0.5, 0.6) is 0 Å². The molecular weight excluding hydrogens is 395 g/mol. The summed E-state index contributed by atoms with van der Waals surface area (Å²) >= 11 is 12.0. The third kappa shape index (κ3) is 4.21. The molecule has 4 aromatic rings. The summed E-state index contributed by atoms with van der Waals surface area (Å²) in [5, 5.41) is 9.43. The summed E-state index contributed by atoms with van der Waals surface area (Å²) in [5.41, 5.74) is 3.20. The summed E-state index contributed by atoms with van der Waals surface area (Å²) in [4.78, 5) is 15.5. The van der Waals surface area contributed by atoms with E-state index < -0.39 is 0 Å². The molecule has 142 valence electrons. The molecule has 0 radical (unpaired) electrons. The Kier molecular flexibility index (Phi) is 5.37. The van der Waals surface area contributed by atoms with Crippen LogP contribution in [0.2, 0.25) is 10.0 Å². The Bertz CT molecular complexity index is 1130. The number of H-pyrrole nitrogens is 1. The van der Waals surface area contributed by atoms with Crippen LogP contribution < -0.4 is 5.32 Å². The van der Waals surface area contributed by atoms with Gasteiger partial charge in [-0.15, -0.1) is 0 Å². The standard InChI is InChI=1S/C21H18Cl2N4O/c22-17-7-5-14(11-18(17)23)13-27-10-9-20(26-27)25-21(28)8-6-15-12-24-19-4-2-1-3-16(15)19/h1-5,7,9-12,24H,6,8,13H2,(H,25,26,28). The number of nitrogens with zero attached hydrogens (tertiary/aromatic N) is 2. The Hall–Kier alpha value is -2.76. The van der Waals surface area contributed by atoms with Crippen molar-refractivity contribution in [1.29, 1.82) is 0 Å². The van der Waals surface area contributed by atoms with E-state index in [4.69, 9.17) is 23.2 Å². The first kappa shape index (κ1) is 18.6. The van der Waals surface area contributed by atoms with E-state index in [1.807, 2.05) is 42.7 Å². The number of aromatic amines is 1. The number of halogens is 2. The molecule has 0 aliphatic carbocycles. The molecule has 2 N–H and O–H groups in total. The minimum atomic E-state index is -0.0648. The van der Waals surface area contributed by atoms with Gasteiger partial charge < -0.3 is 10.3 Å². The SMILES string of the molecule is O=C(CCc1c[nH]c2ccccc12)Nc1ccn(Cc2ccc(Cl)c(Cl)c2)n1. The molecule has 0 fully saturated rings. The van der Waals surface area contributed by atoms with E-state index in [1.165, 1.54) is 0 Å².